The number of rotatable bonds is 4. The van der Waals surface area contributed by atoms with Crippen molar-refractivity contribution < 1.29 is 9.18 Å². The summed E-state index contributed by atoms with van der Waals surface area (Å²) in [6.45, 7) is 2.02. The summed E-state index contributed by atoms with van der Waals surface area (Å²) in [4.78, 5) is 11.5. The molecule has 0 saturated carbocycles. The minimum absolute atomic E-state index is 0.00680. The predicted octanol–water partition coefficient (Wildman–Crippen LogP) is 3.85. The molecule has 0 aliphatic heterocycles. The van der Waals surface area contributed by atoms with Gasteiger partial charge >= 0.3 is 0 Å². The Morgan fingerprint density at radius 3 is 2.79 bits per heavy atom. The highest BCUT2D eigenvalue weighted by molar-refractivity contribution is 6.31. The van der Waals surface area contributed by atoms with Crippen molar-refractivity contribution in [2.45, 2.75) is 26.2 Å². The normalized spacial score (nSPS) is 10.2. The van der Waals surface area contributed by atoms with Crippen LogP contribution in [-0.4, -0.2) is 5.78 Å². The maximum atomic E-state index is 12.8. The van der Waals surface area contributed by atoms with Crippen LogP contribution >= 0.6 is 11.6 Å². The molecule has 0 fully saturated rings. The number of Topliss-reactive ketones (excluding diaryl/α,β-unsaturated/α-hetero) is 1. The Bertz CT molecular complexity index is 336. The highest BCUT2D eigenvalue weighted by Crippen LogP contribution is 2.17. The van der Waals surface area contributed by atoms with Gasteiger partial charge in [-0.15, -0.1) is 0 Å². The zero-order valence-electron chi connectivity index (χ0n) is 8.02. The average molecular weight is 215 g/mol. The standard InChI is InChI=1S/C11H12ClFO/c1-2-3-4-11(14)8-5-6-10(13)9(12)7-8/h5-7H,2-4H2,1H3. The molecule has 1 aromatic rings. The van der Waals surface area contributed by atoms with Crippen molar-refractivity contribution in [1.82, 2.24) is 0 Å². The van der Waals surface area contributed by atoms with Crippen molar-refractivity contribution in [3.63, 3.8) is 0 Å². The molecule has 0 amide bonds. The first-order valence-electron chi connectivity index (χ1n) is 4.63. The third-order valence-corrected chi connectivity index (χ3v) is 2.29. The van der Waals surface area contributed by atoms with Gasteiger partial charge in [0.1, 0.15) is 5.82 Å². The summed E-state index contributed by atoms with van der Waals surface area (Å²) >= 11 is 5.56. The molecule has 1 aromatic carbocycles. The number of benzene rings is 1. The molecule has 1 rings (SSSR count). The highest BCUT2D eigenvalue weighted by atomic mass is 35.5. The minimum Gasteiger partial charge on any atom is -0.294 e. The summed E-state index contributed by atoms with van der Waals surface area (Å²) in [6.07, 6.45) is 2.33. The van der Waals surface area contributed by atoms with Gasteiger partial charge in [0, 0.05) is 12.0 Å². The molecule has 0 bridgehead atoms. The van der Waals surface area contributed by atoms with Gasteiger partial charge in [0.15, 0.2) is 5.78 Å². The molecular weight excluding hydrogens is 203 g/mol. The lowest BCUT2D eigenvalue weighted by atomic mass is 10.1. The number of carbonyl (C=O) groups excluding carboxylic acids is 1. The summed E-state index contributed by atoms with van der Waals surface area (Å²) in [6, 6.07) is 4.08. The quantitative estimate of drug-likeness (QED) is 0.696. The van der Waals surface area contributed by atoms with E-state index < -0.39 is 5.82 Å². The summed E-state index contributed by atoms with van der Waals surface area (Å²) in [5.41, 5.74) is 0.491. The SMILES string of the molecule is CCCCC(=O)c1ccc(F)c(Cl)c1. The van der Waals surface area contributed by atoms with Crippen molar-refractivity contribution in [2.24, 2.45) is 0 Å². The van der Waals surface area contributed by atoms with E-state index in [9.17, 15) is 9.18 Å². The third kappa shape index (κ3) is 2.81. The molecule has 0 aliphatic rings. The van der Waals surface area contributed by atoms with Gasteiger partial charge in [0.05, 0.1) is 5.02 Å². The van der Waals surface area contributed by atoms with Crippen LogP contribution in [0.3, 0.4) is 0 Å². The lowest BCUT2D eigenvalue weighted by Crippen LogP contribution is -1.98. The second-order valence-electron chi connectivity index (χ2n) is 3.16. The Balaban J connectivity index is 2.76. The second-order valence-corrected chi connectivity index (χ2v) is 3.56. The van der Waals surface area contributed by atoms with E-state index in [0.717, 1.165) is 12.8 Å². The summed E-state index contributed by atoms with van der Waals surface area (Å²) in [7, 11) is 0. The van der Waals surface area contributed by atoms with E-state index in [1.165, 1.54) is 18.2 Å². The first-order valence-corrected chi connectivity index (χ1v) is 5.01. The van der Waals surface area contributed by atoms with Crippen LogP contribution in [0, 0.1) is 5.82 Å². The van der Waals surface area contributed by atoms with Crippen LogP contribution in [0.2, 0.25) is 5.02 Å². The van der Waals surface area contributed by atoms with E-state index in [-0.39, 0.29) is 10.8 Å². The van der Waals surface area contributed by atoms with Gasteiger partial charge < -0.3 is 0 Å². The van der Waals surface area contributed by atoms with Gasteiger partial charge in [-0.2, -0.15) is 0 Å². The molecule has 1 nitrogen and oxygen atoms in total. The van der Waals surface area contributed by atoms with Crippen molar-refractivity contribution in [2.75, 3.05) is 0 Å². The molecular formula is C11H12ClFO. The number of halogens is 2. The van der Waals surface area contributed by atoms with Crippen LogP contribution in [0.25, 0.3) is 0 Å². The molecule has 0 heterocycles. The van der Waals surface area contributed by atoms with E-state index in [0.29, 0.717) is 12.0 Å². The summed E-state index contributed by atoms with van der Waals surface area (Å²) in [5.74, 6) is -0.465. The molecule has 0 aliphatic carbocycles. The molecule has 0 N–H and O–H groups in total. The van der Waals surface area contributed by atoms with E-state index in [2.05, 4.69) is 0 Å². The highest BCUT2D eigenvalue weighted by Gasteiger charge is 2.07. The molecule has 0 atom stereocenters. The smallest absolute Gasteiger partial charge is 0.162 e. The van der Waals surface area contributed by atoms with Crippen LogP contribution < -0.4 is 0 Å². The lowest BCUT2D eigenvalue weighted by Gasteiger charge is -2.00. The van der Waals surface area contributed by atoms with Crippen LogP contribution in [0.5, 0.6) is 0 Å². The number of unbranched alkanes of at least 4 members (excludes halogenated alkanes) is 1. The molecule has 0 unspecified atom stereocenters. The molecule has 0 saturated heterocycles. The number of hydrogen-bond donors (Lipinski definition) is 0. The molecule has 76 valence electrons. The van der Waals surface area contributed by atoms with E-state index in [4.69, 9.17) is 11.6 Å². The Labute approximate surface area is 87.9 Å². The van der Waals surface area contributed by atoms with E-state index in [1.54, 1.807) is 0 Å². The number of hydrogen-bond acceptors (Lipinski definition) is 1. The first kappa shape index (κ1) is 11.2. The van der Waals surface area contributed by atoms with Gasteiger partial charge in [-0.05, 0) is 24.6 Å². The van der Waals surface area contributed by atoms with Gasteiger partial charge in [-0.3, -0.25) is 4.79 Å². The summed E-state index contributed by atoms with van der Waals surface area (Å²) in [5, 5.41) is 0.00680. The van der Waals surface area contributed by atoms with Gasteiger partial charge in [0.2, 0.25) is 0 Å². The van der Waals surface area contributed by atoms with Crippen LogP contribution in [0.1, 0.15) is 36.5 Å². The molecule has 0 aromatic heterocycles. The maximum absolute atomic E-state index is 12.8. The van der Waals surface area contributed by atoms with Crippen molar-refractivity contribution in [1.29, 1.82) is 0 Å². The largest absolute Gasteiger partial charge is 0.294 e. The Morgan fingerprint density at radius 2 is 2.21 bits per heavy atom. The Hall–Kier alpha value is -0.890. The van der Waals surface area contributed by atoms with Gasteiger partial charge in [-0.25, -0.2) is 4.39 Å². The van der Waals surface area contributed by atoms with Crippen LogP contribution in [0.15, 0.2) is 18.2 Å². The number of ketones is 1. The first-order chi connectivity index (χ1) is 6.65. The van der Waals surface area contributed by atoms with Crippen molar-refractivity contribution in [3.8, 4) is 0 Å². The second kappa shape index (κ2) is 5.11. The zero-order chi connectivity index (χ0) is 10.6. The molecule has 14 heavy (non-hydrogen) atoms. The maximum Gasteiger partial charge on any atom is 0.162 e. The van der Waals surface area contributed by atoms with E-state index >= 15 is 0 Å². The monoisotopic (exact) mass is 214 g/mol. The van der Waals surface area contributed by atoms with Gasteiger partial charge in [-0.1, -0.05) is 24.9 Å². The van der Waals surface area contributed by atoms with E-state index in [1.807, 2.05) is 6.92 Å². The average Bonchev–Trinajstić information content (AvgIpc) is 2.18. The molecule has 0 radical (unpaired) electrons. The van der Waals surface area contributed by atoms with Crippen LogP contribution in [0.4, 0.5) is 4.39 Å². The lowest BCUT2D eigenvalue weighted by molar-refractivity contribution is 0.0979. The van der Waals surface area contributed by atoms with Gasteiger partial charge in [0.25, 0.3) is 0 Å². The topological polar surface area (TPSA) is 17.1 Å². The zero-order valence-corrected chi connectivity index (χ0v) is 8.77. The Morgan fingerprint density at radius 1 is 1.50 bits per heavy atom. The fourth-order valence-corrected chi connectivity index (χ4v) is 1.33. The number of carbonyl (C=O) groups is 1. The Kier molecular flexibility index (Phi) is 4.08. The summed E-state index contributed by atoms with van der Waals surface area (Å²) < 4.78 is 12.8. The van der Waals surface area contributed by atoms with Crippen LogP contribution in [-0.2, 0) is 0 Å². The minimum atomic E-state index is -0.487. The van der Waals surface area contributed by atoms with Crippen molar-refractivity contribution in [3.05, 3.63) is 34.6 Å². The predicted molar refractivity (Wildman–Crippen MR) is 55.3 cm³/mol. The fourth-order valence-electron chi connectivity index (χ4n) is 1.15. The van der Waals surface area contributed by atoms with Crippen molar-refractivity contribution >= 4 is 17.4 Å². The third-order valence-electron chi connectivity index (χ3n) is 2.00. The molecule has 0 spiro atoms. The fraction of sp³-hybridized carbons (Fsp3) is 0.364. The molecule has 3 heteroatoms.